The Bertz CT molecular complexity index is 1050. The Morgan fingerprint density at radius 3 is 2.96 bits per heavy atom. The van der Waals surface area contributed by atoms with E-state index in [2.05, 4.69) is 25.9 Å². The number of nitrogens with one attached hydrogen (secondary N) is 1. The summed E-state index contributed by atoms with van der Waals surface area (Å²) >= 11 is 0. The second kappa shape index (κ2) is 7.85. The van der Waals surface area contributed by atoms with Gasteiger partial charge in [-0.2, -0.15) is 0 Å². The number of aromatic nitrogens is 3. The minimum absolute atomic E-state index is 0.243. The predicted molar refractivity (Wildman–Crippen MR) is 105 cm³/mol. The first kappa shape index (κ1) is 18.2. The van der Waals surface area contributed by atoms with Crippen LogP contribution in [0, 0.1) is 0 Å². The topological polar surface area (TPSA) is 89.6 Å². The fourth-order valence-electron chi connectivity index (χ4n) is 3.36. The number of pyridine rings is 1. The minimum atomic E-state index is -0.243. The van der Waals surface area contributed by atoms with Crippen LogP contribution in [0.1, 0.15) is 11.3 Å². The third-order valence-corrected chi connectivity index (χ3v) is 4.78. The zero-order valence-corrected chi connectivity index (χ0v) is 15.9. The molecular weight excluding hydrogens is 360 g/mol. The van der Waals surface area contributed by atoms with Crippen molar-refractivity contribution in [3.05, 3.63) is 52.1 Å². The Morgan fingerprint density at radius 1 is 1.25 bits per heavy atom. The molecule has 1 aliphatic heterocycles. The van der Waals surface area contributed by atoms with E-state index in [1.54, 1.807) is 26.4 Å². The summed E-state index contributed by atoms with van der Waals surface area (Å²) in [5.41, 5.74) is 2.53. The number of H-pyrrole nitrogens is 1. The summed E-state index contributed by atoms with van der Waals surface area (Å²) in [6, 6.07) is 7.42. The second-order valence-electron chi connectivity index (χ2n) is 6.53. The lowest BCUT2D eigenvalue weighted by atomic mass is 10.1. The van der Waals surface area contributed by atoms with Crippen LogP contribution in [-0.4, -0.2) is 48.9 Å². The molecular formula is C20H22N4O4. The van der Waals surface area contributed by atoms with E-state index in [1.165, 1.54) is 0 Å². The first-order chi connectivity index (χ1) is 13.7. The molecule has 28 heavy (non-hydrogen) atoms. The normalized spacial score (nSPS) is 13.4. The van der Waals surface area contributed by atoms with Gasteiger partial charge in [-0.3, -0.25) is 14.8 Å². The highest BCUT2D eigenvalue weighted by atomic mass is 16.5. The zero-order valence-electron chi connectivity index (χ0n) is 15.9. The Hall–Kier alpha value is -3.13. The Kier molecular flexibility index (Phi) is 5.12. The van der Waals surface area contributed by atoms with E-state index < -0.39 is 0 Å². The number of hydrogen-bond donors (Lipinski definition) is 1. The largest absolute Gasteiger partial charge is 0.497 e. The van der Waals surface area contributed by atoms with Gasteiger partial charge in [0.15, 0.2) is 0 Å². The van der Waals surface area contributed by atoms with E-state index >= 15 is 0 Å². The highest BCUT2D eigenvalue weighted by Gasteiger charge is 2.21. The van der Waals surface area contributed by atoms with Gasteiger partial charge >= 0.3 is 0 Å². The molecule has 1 aromatic carbocycles. The molecule has 2 aromatic heterocycles. The molecule has 8 heteroatoms. The molecule has 0 amide bonds. The van der Waals surface area contributed by atoms with E-state index in [0.717, 1.165) is 24.2 Å². The van der Waals surface area contributed by atoms with Crippen LogP contribution in [0.2, 0.25) is 0 Å². The molecule has 8 nitrogen and oxygen atoms in total. The van der Waals surface area contributed by atoms with Crippen LogP contribution in [0.4, 0.5) is 5.95 Å². The molecule has 4 rings (SSSR count). The van der Waals surface area contributed by atoms with Gasteiger partial charge in [0.25, 0.3) is 5.56 Å². The first-order valence-corrected chi connectivity index (χ1v) is 9.11. The molecule has 0 bridgehead atoms. The van der Waals surface area contributed by atoms with Gasteiger partial charge in [0.1, 0.15) is 23.5 Å². The third-order valence-electron chi connectivity index (χ3n) is 4.78. The van der Waals surface area contributed by atoms with Crippen LogP contribution in [0.5, 0.6) is 11.5 Å². The van der Waals surface area contributed by atoms with Crippen molar-refractivity contribution in [3.8, 4) is 11.5 Å². The van der Waals surface area contributed by atoms with E-state index in [9.17, 15) is 4.79 Å². The molecule has 0 unspecified atom stereocenters. The van der Waals surface area contributed by atoms with Crippen LogP contribution in [-0.2, 0) is 17.7 Å². The SMILES string of the molecule is COCCOc1cc(OC)cc2nc(N3CCc4ncccc4C3)[nH]c(=O)c12. The van der Waals surface area contributed by atoms with Crippen LogP contribution in [0.3, 0.4) is 0 Å². The number of ether oxygens (including phenoxy) is 3. The molecule has 3 heterocycles. The summed E-state index contributed by atoms with van der Waals surface area (Å²) in [6.45, 7) is 2.14. The maximum absolute atomic E-state index is 12.9. The maximum Gasteiger partial charge on any atom is 0.263 e. The van der Waals surface area contributed by atoms with E-state index in [-0.39, 0.29) is 5.56 Å². The number of rotatable bonds is 6. The number of benzene rings is 1. The van der Waals surface area contributed by atoms with Gasteiger partial charge in [-0.15, -0.1) is 0 Å². The smallest absolute Gasteiger partial charge is 0.263 e. The second-order valence-corrected chi connectivity index (χ2v) is 6.53. The minimum Gasteiger partial charge on any atom is -0.497 e. The number of hydrogen-bond acceptors (Lipinski definition) is 7. The van der Waals surface area contributed by atoms with Gasteiger partial charge in [0.2, 0.25) is 5.95 Å². The summed E-state index contributed by atoms with van der Waals surface area (Å²) in [5, 5.41) is 0.403. The molecule has 0 saturated carbocycles. The number of aromatic amines is 1. The van der Waals surface area contributed by atoms with Gasteiger partial charge in [0.05, 0.1) is 19.2 Å². The summed E-state index contributed by atoms with van der Waals surface area (Å²) in [6.07, 6.45) is 2.61. The van der Waals surface area contributed by atoms with Crippen LogP contribution in [0.25, 0.3) is 10.9 Å². The molecule has 3 aromatic rings. The Labute approximate surface area is 162 Å². The fourth-order valence-corrected chi connectivity index (χ4v) is 3.36. The standard InChI is InChI=1S/C20H22N4O4/c1-26-8-9-28-17-11-14(27-2)10-16-18(17)19(25)23-20(22-16)24-7-5-15-13(12-24)4-3-6-21-15/h3-4,6,10-11H,5,7-9,12H2,1-2H3,(H,22,23,25). The Balaban J connectivity index is 1.73. The molecule has 0 aliphatic carbocycles. The highest BCUT2D eigenvalue weighted by molar-refractivity contribution is 5.86. The quantitative estimate of drug-likeness (QED) is 0.652. The van der Waals surface area contributed by atoms with Gasteiger partial charge in [-0.05, 0) is 11.6 Å². The maximum atomic E-state index is 12.9. The molecule has 0 saturated heterocycles. The van der Waals surface area contributed by atoms with Crippen molar-refractivity contribution in [3.63, 3.8) is 0 Å². The average molecular weight is 382 g/mol. The van der Waals surface area contributed by atoms with E-state index in [0.29, 0.717) is 48.1 Å². The van der Waals surface area contributed by atoms with Crippen molar-refractivity contribution in [1.82, 2.24) is 15.0 Å². The first-order valence-electron chi connectivity index (χ1n) is 9.11. The highest BCUT2D eigenvalue weighted by Crippen LogP contribution is 2.29. The lowest BCUT2D eigenvalue weighted by Crippen LogP contribution is -2.33. The van der Waals surface area contributed by atoms with Gasteiger partial charge in [-0.25, -0.2) is 4.98 Å². The number of methoxy groups -OCH3 is 2. The number of anilines is 1. The van der Waals surface area contributed by atoms with Crippen molar-refractivity contribution in [2.24, 2.45) is 0 Å². The van der Waals surface area contributed by atoms with Crippen molar-refractivity contribution < 1.29 is 14.2 Å². The Morgan fingerprint density at radius 2 is 2.14 bits per heavy atom. The van der Waals surface area contributed by atoms with Crippen molar-refractivity contribution in [1.29, 1.82) is 0 Å². The van der Waals surface area contributed by atoms with E-state index in [4.69, 9.17) is 14.2 Å². The molecule has 0 atom stereocenters. The van der Waals surface area contributed by atoms with Crippen molar-refractivity contribution >= 4 is 16.9 Å². The van der Waals surface area contributed by atoms with Gasteiger partial charge in [-0.1, -0.05) is 6.07 Å². The summed E-state index contributed by atoms with van der Waals surface area (Å²) in [4.78, 5) is 26.9. The monoisotopic (exact) mass is 382 g/mol. The summed E-state index contributed by atoms with van der Waals surface area (Å²) in [7, 11) is 3.17. The molecule has 146 valence electrons. The molecule has 0 spiro atoms. The molecule has 1 aliphatic rings. The van der Waals surface area contributed by atoms with Gasteiger partial charge < -0.3 is 19.1 Å². The molecule has 1 N–H and O–H groups in total. The summed E-state index contributed by atoms with van der Waals surface area (Å²) in [5.74, 6) is 1.54. The lowest BCUT2D eigenvalue weighted by Gasteiger charge is -2.28. The lowest BCUT2D eigenvalue weighted by molar-refractivity contribution is 0.147. The number of fused-ring (bicyclic) bond motifs is 2. The van der Waals surface area contributed by atoms with Crippen LogP contribution in [0.15, 0.2) is 35.3 Å². The predicted octanol–water partition coefficient (Wildman–Crippen LogP) is 1.91. The zero-order chi connectivity index (χ0) is 19.5. The molecule has 0 fully saturated rings. The van der Waals surface area contributed by atoms with Gasteiger partial charge in [0, 0.05) is 50.6 Å². The molecule has 0 radical (unpaired) electrons. The fraction of sp³-hybridized carbons (Fsp3) is 0.350. The van der Waals surface area contributed by atoms with Crippen LogP contribution < -0.4 is 19.9 Å². The van der Waals surface area contributed by atoms with Crippen LogP contribution >= 0.6 is 0 Å². The average Bonchev–Trinajstić information content (AvgIpc) is 2.73. The summed E-state index contributed by atoms with van der Waals surface area (Å²) < 4.78 is 16.1. The van der Waals surface area contributed by atoms with E-state index in [1.807, 2.05) is 12.3 Å². The van der Waals surface area contributed by atoms with Crippen molar-refractivity contribution in [2.45, 2.75) is 13.0 Å². The third kappa shape index (κ3) is 3.50. The van der Waals surface area contributed by atoms with Crippen molar-refractivity contribution in [2.75, 3.05) is 38.9 Å². The number of nitrogens with zero attached hydrogens (tertiary/aromatic N) is 3.